The van der Waals surface area contributed by atoms with E-state index in [1.165, 1.54) is 0 Å². The Morgan fingerprint density at radius 2 is 1.83 bits per heavy atom. The molecule has 1 amide bonds. The zero-order valence-electron chi connectivity index (χ0n) is 18.5. The molecule has 0 saturated heterocycles. The van der Waals surface area contributed by atoms with E-state index in [9.17, 15) is 14.4 Å². The van der Waals surface area contributed by atoms with Crippen LogP contribution in [0.4, 0.5) is 4.79 Å². The summed E-state index contributed by atoms with van der Waals surface area (Å²) in [6.07, 6.45) is 1.62. The highest BCUT2D eigenvalue weighted by molar-refractivity contribution is 7.98. The molecule has 0 aliphatic carbocycles. The minimum absolute atomic E-state index is 0.291. The number of hydrogen-bond donors (Lipinski definition) is 1. The summed E-state index contributed by atoms with van der Waals surface area (Å²) < 4.78 is 16.3. The lowest BCUT2D eigenvalue weighted by Gasteiger charge is -2.23. The Labute approximate surface area is 180 Å². The van der Waals surface area contributed by atoms with Gasteiger partial charge in [0.05, 0.1) is 5.39 Å². The van der Waals surface area contributed by atoms with Crippen LogP contribution in [0.25, 0.3) is 11.0 Å². The molecule has 164 valence electrons. The summed E-state index contributed by atoms with van der Waals surface area (Å²) in [5, 5.41) is 3.17. The van der Waals surface area contributed by atoms with E-state index in [0.29, 0.717) is 40.0 Å². The molecular weight excluding hydrogens is 406 g/mol. The lowest BCUT2D eigenvalue weighted by Crippen LogP contribution is -2.45. The third-order valence-electron chi connectivity index (χ3n) is 4.45. The second-order valence-corrected chi connectivity index (χ2v) is 9.16. The standard InChI is InChI=1S/C22H29NO6S/c1-12-10-16-18(13(2)14(3)19(24)27-16)17(11-12)28-20(25)15(8-9-30-7)23-21(26)29-22(4,5)6/h10-11,15H,8-9H2,1-7H3,(H,23,26)/t15-/m0/s1. The molecule has 8 heteroatoms. The van der Waals surface area contributed by atoms with E-state index in [2.05, 4.69) is 5.32 Å². The smallest absolute Gasteiger partial charge is 0.408 e. The number of carbonyl (C=O) groups excluding carboxylic acids is 2. The average Bonchev–Trinajstić information content (AvgIpc) is 2.61. The number of benzene rings is 1. The molecule has 30 heavy (non-hydrogen) atoms. The first-order valence-corrected chi connectivity index (χ1v) is 11.1. The van der Waals surface area contributed by atoms with Gasteiger partial charge in [0.1, 0.15) is 23.0 Å². The molecule has 0 spiro atoms. The number of carbonyl (C=O) groups is 2. The van der Waals surface area contributed by atoms with Gasteiger partial charge in [-0.2, -0.15) is 11.8 Å². The molecule has 0 aliphatic heterocycles. The number of ether oxygens (including phenoxy) is 2. The molecule has 7 nitrogen and oxygen atoms in total. The number of rotatable bonds is 6. The SMILES string of the molecule is CSCC[C@H](NC(=O)OC(C)(C)C)C(=O)Oc1cc(C)cc2oc(=O)c(C)c(C)c12. The Morgan fingerprint density at radius 1 is 1.17 bits per heavy atom. The minimum atomic E-state index is -0.875. The van der Waals surface area contributed by atoms with Crippen molar-refractivity contribution in [2.75, 3.05) is 12.0 Å². The van der Waals surface area contributed by atoms with Gasteiger partial charge in [-0.05, 0) is 83.2 Å². The highest BCUT2D eigenvalue weighted by Gasteiger charge is 2.27. The third-order valence-corrected chi connectivity index (χ3v) is 5.10. The number of esters is 1. The molecule has 1 N–H and O–H groups in total. The molecule has 1 aromatic heterocycles. The van der Waals surface area contributed by atoms with Gasteiger partial charge in [0.25, 0.3) is 0 Å². The summed E-state index contributed by atoms with van der Waals surface area (Å²) in [4.78, 5) is 37.2. The fourth-order valence-electron chi connectivity index (χ4n) is 2.88. The van der Waals surface area contributed by atoms with E-state index < -0.39 is 29.3 Å². The van der Waals surface area contributed by atoms with Crippen molar-refractivity contribution in [3.05, 3.63) is 39.2 Å². The number of thioether (sulfide) groups is 1. The number of nitrogens with one attached hydrogen (secondary N) is 1. The number of amides is 1. The zero-order valence-corrected chi connectivity index (χ0v) is 19.3. The van der Waals surface area contributed by atoms with E-state index in [1.807, 2.05) is 13.2 Å². The van der Waals surface area contributed by atoms with Crippen LogP contribution in [-0.2, 0) is 9.53 Å². The van der Waals surface area contributed by atoms with Gasteiger partial charge in [0.15, 0.2) is 0 Å². The lowest BCUT2D eigenvalue weighted by atomic mass is 10.0. The normalized spacial score (nSPS) is 12.5. The van der Waals surface area contributed by atoms with E-state index in [4.69, 9.17) is 13.9 Å². The van der Waals surface area contributed by atoms with E-state index >= 15 is 0 Å². The van der Waals surface area contributed by atoms with Crippen LogP contribution in [0.15, 0.2) is 21.3 Å². The van der Waals surface area contributed by atoms with Gasteiger partial charge >= 0.3 is 17.7 Å². The predicted molar refractivity (Wildman–Crippen MR) is 118 cm³/mol. The molecule has 1 atom stereocenters. The van der Waals surface area contributed by atoms with Crippen LogP contribution in [0.1, 0.15) is 43.9 Å². The van der Waals surface area contributed by atoms with Crippen molar-refractivity contribution in [3.63, 3.8) is 0 Å². The Kier molecular flexibility index (Phi) is 7.58. The van der Waals surface area contributed by atoms with Gasteiger partial charge in [-0.1, -0.05) is 0 Å². The van der Waals surface area contributed by atoms with Crippen molar-refractivity contribution >= 4 is 34.8 Å². The molecule has 1 heterocycles. The van der Waals surface area contributed by atoms with Crippen LogP contribution in [0.2, 0.25) is 0 Å². The van der Waals surface area contributed by atoms with Gasteiger partial charge in [-0.3, -0.25) is 0 Å². The van der Waals surface area contributed by atoms with Gasteiger partial charge < -0.3 is 19.2 Å². The van der Waals surface area contributed by atoms with Crippen LogP contribution >= 0.6 is 11.8 Å². The van der Waals surface area contributed by atoms with Crippen LogP contribution in [-0.4, -0.2) is 35.7 Å². The maximum atomic E-state index is 12.9. The van der Waals surface area contributed by atoms with Gasteiger partial charge in [0, 0.05) is 5.56 Å². The predicted octanol–water partition coefficient (Wildman–Crippen LogP) is 4.27. The Bertz CT molecular complexity index is 1010. The summed E-state index contributed by atoms with van der Waals surface area (Å²) in [7, 11) is 0. The molecular formula is C22H29NO6S. The van der Waals surface area contributed by atoms with E-state index in [1.54, 1.807) is 58.5 Å². The molecule has 0 aliphatic rings. The van der Waals surface area contributed by atoms with Crippen LogP contribution in [0.3, 0.4) is 0 Å². The second-order valence-electron chi connectivity index (χ2n) is 8.18. The number of fused-ring (bicyclic) bond motifs is 1. The summed E-state index contributed by atoms with van der Waals surface area (Å²) in [5.74, 6) is 0.335. The molecule has 2 aromatic rings. The maximum absolute atomic E-state index is 12.9. The lowest BCUT2D eigenvalue weighted by molar-refractivity contribution is -0.136. The molecule has 2 rings (SSSR count). The first-order chi connectivity index (χ1) is 13.9. The summed E-state index contributed by atoms with van der Waals surface area (Å²) in [6, 6.07) is 2.57. The van der Waals surface area contributed by atoms with Gasteiger partial charge in [-0.25, -0.2) is 14.4 Å². The minimum Gasteiger partial charge on any atom is -0.444 e. The average molecular weight is 436 g/mol. The molecule has 0 radical (unpaired) electrons. The molecule has 0 bridgehead atoms. The molecule has 0 fully saturated rings. The first-order valence-electron chi connectivity index (χ1n) is 9.67. The topological polar surface area (TPSA) is 94.8 Å². The molecule has 0 unspecified atom stereocenters. The van der Waals surface area contributed by atoms with Crippen molar-refractivity contribution in [1.29, 1.82) is 0 Å². The Hall–Kier alpha value is -2.48. The number of hydrogen-bond acceptors (Lipinski definition) is 7. The van der Waals surface area contributed by atoms with Crippen molar-refractivity contribution in [2.45, 2.75) is 59.6 Å². The van der Waals surface area contributed by atoms with Crippen molar-refractivity contribution in [1.82, 2.24) is 5.32 Å². The number of aryl methyl sites for hydroxylation is 2. The Balaban J connectivity index is 2.36. The van der Waals surface area contributed by atoms with Crippen LogP contribution in [0.5, 0.6) is 5.75 Å². The monoisotopic (exact) mass is 435 g/mol. The number of alkyl carbamates (subject to hydrolysis) is 1. The molecule has 1 aromatic carbocycles. The third kappa shape index (κ3) is 6.01. The van der Waals surface area contributed by atoms with E-state index in [-0.39, 0.29) is 0 Å². The van der Waals surface area contributed by atoms with Crippen molar-refractivity contribution in [2.24, 2.45) is 0 Å². The van der Waals surface area contributed by atoms with Gasteiger partial charge in [-0.15, -0.1) is 0 Å². The van der Waals surface area contributed by atoms with Gasteiger partial charge in [0.2, 0.25) is 0 Å². The van der Waals surface area contributed by atoms with Crippen LogP contribution < -0.4 is 15.7 Å². The highest BCUT2D eigenvalue weighted by atomic mass is 32.2. The second kappa shape index (κ2) is 9.55. The first kappa shape index (κ1) is 23.8. The Morgan fingerprint density at radius 3 is 2.43 bits per heavy atom. The van der Waals surface area contributed by atoms with Crippen molar-refractivity contribution in [3.8, 4) is 5.75 Å². The summed E-state index contributed by atoms with van der Waals surface area (Å²) in [5.41, 5.74) is 1.16. The molecule has 0 saturated carbocycles. The maximum Gasteiger partial charge on any atom is 0.408 e. The van der Waals surface area contributed by atoms with Crippen LogP contribution in [0, 0.1) is 20.8 Å². The fourth-order valence-corrected chi connectivity index (χ4v) is 3.35. The van der Waals surface area contributed by atoms with Crippen molar-refractivity contribution < 1.29 is 23.5 Å². The quantitative estimate of drug-likeness (QED) is 0.411. The highest BCUT2D eigenvalue weighted by Crippen LogP contribution is 2.31. The summed E-state index contributed by atoms with van der Waals surface area (Å²) in [6.45, 7) is 10.5. The largest absolute Gasteiger partial charge is 0.444 e. The zero-order chi connectivity index (χ0) is 22.6. The fraction of sp³-hybridized carbons (Fsp3) is 0.500. The van der Waals surface area contributed by atoms with E-state index in [0.717, 1.165) is 5.56 Å². The summed E-state index contributed by atoms with van der Waals surface area (Å²) >= 11 is 1.56.